The summed E-state index contributed by atoms with van der Waals surface area (Å²) in [4.78, 5) is 17.0. The van der Waals surface area contributed by atoms with Crippen LogP contribution in [0.4, 0.5) is 0 Å². The molecule has 4 heteroatoms. The minimum atomic E-state index is 0.0352. The molecule has 2 atom stereocenters. The second-order valence-corrected chi connectivity index (χ2v) is 5.84. The second kappa shape index (κ2) is 6.02. The summed E-state index contributed by atoms with van der Waals surface area (Å²) < 4.78 is 0. The normalized spacial score (nSPS) is 31.9. The number of rotatable bonds is 3. The van der Waals surface area contributed by atoms with Crippen LogP contribution in [-0.4, -0.2) is 61.0 Å². The summed E-state index contributed by atoms with van der Waals surface area (Å²) >= 11 is 0. The molecule has 1 saturated carbocycles. The molecular weight excluding hydrogens is 226 g/mol. The van der Waals surface area contributed by atoms with Crippen molar-refractivity contribution in [2.75, 3.05) is 27.2 Å². The van der Waals surface area contributed by atoms with Crippen LogP contribution in [-0.2, 0) is 4.79 Å². The molecule has 4 nitrogen and oxygen atoms in total. The van der Waals surface area contributed by atoms with E-state index in [1.165, 1.54) is 25.7 Å². The van der Waals surface area contributed by atoms with E-state index in [1.807, 2.05) is 19.0 Å². The average molecular weight is 253 g/mol. The molecule has 18 heavy (non-hydrogen) atoms. The highest BCUT2D eigenvalue weighted by Crippen LogP contribution is 2.27. The van der Waals surface area contributed by atoms with E-state index in [4.69, 9.17) is 0 Å². The van der Waals surface area contributed by atoms with Crippen molar-refractivity contribution in [3.8, 4) is 0 Å². The third-order valence-corrected chi connectivity index (χ3v) is 4.69. The largest absolute Gasteiger partial charge is 0.342 e. The van der Waals surface area contributed by atoms with E-state index in [9.17, 15) is 4.79 Å². The van der Waals surface area contributed by atoms with E-state index in [0.29, 0.717) is 18.0 Å². The molecule has 0 aromatic rings. The molecule has 0 spiro atoms. The summed E-state index contributed by atoms with van der Waals surface area (Å²) in [6.07, 6.45) is 6.29. The third-order valence-electron chi connectivity index (χ3n) is 4.69. The van der Waals surface area contributed by atoms with Gasteiger partial charge in [-0.25, -0.2) is 0 Å². The van der Waals surface area contributed by atoms with Gasteiger partial charge in [0.2, 0.25) is 5.91 Å². The van der Waals surface area contributed by atoms with Crippen molar-refractivity contribution in [1.29, 1.82) is 0 Å². The number of carbonyl (C=O) groups is 1. The van der Waals surface area contributed by atoms with Crippen LogP contribution < -0.4 is 5.32 Å². The lowest BCUT2D eigenvalue weighted by atomic mass is 10.1. The zero-order valence-corrected chi connectivity index (χ0v) is 12.0. The second-order valence-electron chi connectivity index (χ2n) is 5.84. The predicted octanol–water partition coefficient (Wildman–Crippen LogP) is 1.07. The Hall–Kier alpha value is -0.610. The van der Waals surface area contributed by atoms with Gasteiger partial charge in [-0.1, -0.05) is 12.8 Å². The van der Waals surface area contributed by atoms with E-state index in [0.717, 1.165) is 19.5 Å². The molecule has 0 aromatic carbocycles. The van der Waals surface area contributed by atoms with E-state index in [2.05, 4.69) is 17.1 Å². The predicted molar refractivity (Wildman–Crippen MR) is 73.5 cm³/mol. The Kier molecular flexibility index (Phi) is 4.62. The van der Waals surface area contributed by atoms with E-state index in [-0.39, 0.29) is 6.04 Å². The zero-order valence-electron chi connectivity index (χ0n) is 12.0. The smallest absolute Gasteiger partial charge is 0.241 e. The van der Waals surface area contributed by atoms with Crippen molar-refractivity contribution in [2.45, 2.75) is 57.2 Å². The van der Waals surface area contributed by atoms with E-state index < -0.39 is 0 Å². The Bertz CT molecular complexity index is 289. The molecule has 1 aliphatic carbocycles. The maximum Gasteiger partial charge on any atom is 0.241 e. The van der Waals surface area contributed by atoms with Crippen LogP contribution in [0.5, 0.6) is 0 Å². The fraction of sp³-hybridized carbons (Fsp3) is 0.929. The number of amides is 1. The third kappa shape index (κ3) is 2.69. The molecule has 0 radical (unpaired) electrons. The molecule has 0 aromatic heterocycles. The Labute approximate surface area is 111 Å². The fourth-order valence-electron chi connectivity index (χ4n) is 3.35. The van der Waals surface area contributed by atoms with Crippen molar-refractivity contribution in [3.63, 3.8) is 0 Å². The quantitative estimate of drug-likeness (QED) is 0.817. The highest BCUT2D eigenvalue weighted by atomic mass is 16.2. The summed E-state index contributed by atoms with van der Waals surface area (Å²) in [7, 11) is 3.89. The first-order valence-corrected chi connectivity index (χ1v) is 7.32. The van der Waals surface area contributed by atoms with Gasteiger partial charge in [-0.05, 0) is 33.2 Å². The van der Waals surface area contributed by atoms with E-state index in [1.54, 1.807) is 0 Å². The zero-order chi connectivity index (χ0) is 13.1. The van der Waals surface area contributed by atoms with E-state index >= 15 is 0 Å². The van der Waals surface area contributed by atoms with Crippen LogP contribution in [0.3, 0.4) is 0 Å². The molecule has 1 amide bonds. The molecule has 1 saturated heterocycles. The highest BCUT2D eigenvalue weighted by Gasteiger charge is 2.37. The van der Waals surface area contributed by atoms with Gasteiger partial charge < -0.3 is 10.2 Å². The van der Waals surface area contributed by atoms with Gasteiger partial charge in [0.25, 0.3) is 0 Å². The molecular formula is C14H27N3O. The van der Waals surface area contributed by atoms with Gasteiger partial charge >= 0.3 is 0 Å². The van der Waals surface area contributed by atoms with Gasteiger partial charge in [-0.2, -0.15) is 0 Å². The summed E-state index contributed by atoms with van der Waals surface area (Å²) in [5, 5.41) is 3.20. The minimum absolute atomic E-state index is 0.0352. The van der Waals surface area contributed by atoms with Crippen LogP contribution in [0.15, 0.2) is 0 Å². The summed E-state index contributed by atoms with van der Waals surface area (Å²) in [6, 6.07) is 1.03. The molecule has 2 unspecified atom stereocenters. The van der Waals surface area contributed by atoms with Gasteiger partial charge in [-0.15, -0.1) is 0 Å². The number of hydrogen-bond acceptors (Lipinski definition) is 3. The summed E-state index contributed by atoms with van der Waals surface area (Å²) in [6.45, 7) is 3.99. The Morgan fingerprint density at radius 3 is 2.56 bits per heavy atom. The van der Waals surface area contributed by atoms with Crippen molar-refractivity contribution in [3.05, 3.63) is 0 Å². The van der Waals surface area contributed by atoms with Gasteiger partial charge in [0.15, 0.2) is 0 Å². The number of carbonyl (C=O) groups excluding carboxylic acids is 1. The highest BCUT2D eigenvalue weighted by molar-refractivity contribution is 5.82. The first-order chi connectivity index (χ1) is 8.65. The average Bonchev–Trinajstić information content (AvgIpc) is 2.86. The summed E-state index contributed by atoms with van der Waals surface area (Å²) in [5.74, 6) is 0.293. The van der Waals surface area contributed by atoms with Crippen LogP contribution >= 0.6 is 0 Å². The van der Waals surface area contributed by atoms with Gasteiger partial charge in [0.05, 0.1) is 0 Å². The van der Waals surface area contributed by atoms with Crippen molar-refractivity contribution < 1.29 is 4.79 Å². The summed E-state index contributed by atoms with van der Waals surface area (Å²) in [5.41, 5.74) is 0. The molecule has 2 rings (SSSR count). The molecule has 2 aliphatic rings. The first kappa shape index (κ1) is 13.8. The lowest BCUT2D eigenvalue weighted by Crippen LogP contribution is -2.53. The monoisotopic (exact) mass is 253 g/mol. The standard InChI is InChI=1S/C14H27N3O/c1-11-8-9-17(12-6-4-5-7-12)13(10-15-2)14(18)16(11)3/h11-13,15H,4-10H2,1-3H3. The maximum atomic E-state index is 12.6. The van der Waals surface area contributed by atoms with Gasteiger partial charge in [0.1, 0.15) is 6.04 Å². The molecule has 1 heterocycles. The number of hydrogen-bond donors (Lipinski definition) is 1. The van der Waals surface area contributed by atoms with Crippen LogP contribution in [0.25, 0.3) is 0 Å². The number of nitrogens with zero attached hydrogens (tertiary/aromatic N) is 2. The van der Waals surface area contributed by atoms with Crippen molar-refractivity contribution >= 4 is 5.91 Å². The number of likely N-dealkylation sites (N-methyl/N-ethyl adjacent to an activating group) is 2. The molecule has 0 bridgehead atoms. The van der Waals surface area contributed by atoms with Gasteiger partial charge in [-0.3, -0.25) is 9.69 Å². The Morgan fingerprint density at radius 2 is 1.94 bits per heavy atom. The molecule has 1 aliphatic heterocycles. The van der Waals surface area contributed by atoms with Gasteiger partial charge in [0, 0.05) is 32.2 Å². The number of nitrogens with one attached hydrogen (secondary N) is 1. The minimum Gasteiger partial charge on any atom is -0.342 e. The van der Waals surface area contributed by atoms with Crippen molar-refractivity contribution in [1.82, 2.24) is 15.1 Å². The van der Waals surface area contributed by atoms with Crippen LogP contribution in [0.2, 0.25) is 0 Å². The Balaban J connectivity index is 2.16. The van der Waals surface area contributed by atoms with Crippen molar-refractivity contribution in [2.24, 2.45) is 0 Å². The van der Waals surface area contributed by atoms with Crippen LogP contribution in [0.1, 0.15) is 39.0 Å². The molecule has 1 N–H and O–H groups in total. The topological polar surface area (TPSA) is 35.6 Å². The van der Waals surface area contributed by atoms with Crippen LogP contribution in [0, 0.1) is 0 Å². The fourth-order valence-corrected chi connectivity index (χ4v) is 3.35. The lowest BCUT2D eigenvalue weighted by molar-refractivity contribution is -0.136. The first-order valence-electron chi connectivity index (χ1n) is 7.32. The lowest BCUT2D eigenvalue weighted by Gasteiger charge is -2.34. The Morgan fingerprint density at radius 1 is 1.28 bits per heavy atom. The molecule has 2 fully saturated rings. The maximum absolute atomic E-state index is 12.6. The molecule has 104 valence electrons. The SMILES string of the molecule is CNCC1C(=O)N(C)C(C)CCN1C1CCCC1.